The minimum atomic E-state index is -0.970. The summed E-state index contributed by atoms with van der Waals surface area (Å²) in [5, 5.41) is 11.3. The molecule has 0 saturated carbocycles. The molecule has 7 heteroatoms. The van der Waals surface area contributed by atoms with E-state index < -0.39 is 12.0 Å². The summed E-state index contributed by atoms with van der Waals surface area (Å²) in [5.74, 6) is -0.0253. The Morgan fingerprint density at radius 1 is 1.38 bits per heavy atom. The molecular formula is C14H18N2O5. The molecule has 1 amide bonds. The van der Waals surface area contributed by atoms with Gasteiger partial charge in [0.2, 0.25) is 12.7 Å². The van der Waals surface area contributed by atoms with Gasteiger partial charge in [-0.15, -0.1) is 0 Å². The standard InChI is InChI=1S/C14H18N2O5/c1-8(16-14(19)10(15)3-5-13(17)18)9-2-4-11-12(6-9)21-7-20-11/h2,4,6,8,10H,3,5,7,15H2,1H3,(H,16,19)(H,17,18). The second kappa shape index (κ2) is 6.45. The van der Waals surface area contributed by atoms with Gasteiger partial charge in [-0.25, -0.2) is 0 Å². The molecule has 0 fully saturated rings. The van der Waals surface area contributed by atoms with Gasteiger partial charge in [0.15, 0.2) is 11.5 Å². The van der Waals surface area contributed by atoms with Crippen molar-refractivity contribution in [3.8, 4) is 11.5 Å². The van der Waals surface area contributed by atoms with E-state index in [1.54, 1.807) is 12.1 Å². The van der Waals surface area contributed by atoms with Crippen molar-refractivity contribution in [2.75, 3.05) is 6.79 Å². The molecule has 0 saturated heterocycles. The maximum atomic E-state index is 11.9. The number of carboxylic acids is 1. The molecule has 0 spiro atoms. The Hall–Kier alpha value is -2.28. The first kappa shape index (κ1) is 15.1. The Balaban J connectivity index is 1.93. The van der Waals surface area contributed by atoms with E-state index in [-0.39, 0.29) is 31.6 Å². The van der Waals surface area contributed by atoms with E-state index in [0.29, 0.717) is 11.5 Å². The molecule has 1 aromatic rings. The number of aliphatic carboxylic acids is 1. The van der Waals surface area contributed by atoms with Crippen LogP contribution in [0.15, 0.2) is 18.2 Å². The lowest BCUT2D eigenvalue weighted by Gasteiger charge is -2.17. The minimum absolute atomic E-state index is 0.106. The number of nitrogens with two attached hydrogens (primary N) is 1. The van der Waals surface area contributed by atoms with Crippen LogP contribution in [0.1, 0.15) is 31.4 Å². The van der Waals surface area contributed by atoms with Gasteiger partial charge in [0.25, 0.3) is 0 Å². The van der Waals surface area contributed by atoms with Gasteiger partial charge in [-0.05, 0) is 31.0 Å². The molecule has 7 nitrogen and oxygen atoms in total. The lowest BCUT2D eigenvalue weighted by atomic mass is 10.1. The zero-order chi connectivity index (χ0) is 15.4. The summed E-state index contributed by atoms with van der Waals surface area (Å²) in [6.45, 7) is 2.01. The van der Waals surface area contributed by atoms with Crippen LogP contribution in [-0.2, 0) is 9.59 Å². The van der Waals surface area contributed by atoms with Crippen molar-refractivity contribution in [2.24, 2.45) is 5.73 Å². The number of carbonyl (C=O) groups excluding carboxylic acids is 1. The summed E-state index contributed by atoms with van der Waals surface area (Å²) in [6, 6.07) is 4.32. The molecule has 1 aliphatic rings. The maximum Gasteiger partial charge on any atom is 0.303 e. The second-order valence-electron chi connectivity index (χ2n) is 4.88. The molecule has 0 aliphatic carbocycles. The number of nitrogens with one attached hydrogen (secondary N) is 1. The number of hydrogen-bond donors (Lipinski definition) is 3. The molecule has 2 unspecified atom stereocenters. The van der Waals surface area contributed by atoms with Gasteiger partial charge in [-0.2, -0.15) is 0 Å². The highest BCUT2D eigenvalue weighted by atomic mass is 16.7. The molecular weight excluding hydrogens is 276 g/mol. The molecule has 114 valence electrons. The second-order valence-corrected chi connectivity index (χ2v) is 4.88. The third-order valence-electron chi connectivity index (χ3n) is 3.26. The molecule has 1 heterocycles. The van der Waals surface area contributed by atoms with Gasteiger partial charge in [0.05, 0.1) is 12.1 Å². The van der Waals surface area contributed by atoms with Crippen molar-refractivity contribution in [2.45, 2.75) is 31.8 Å². The first-order chi connectivity index (χ1) is 9.97. The van der Waals surface area contributed by atoms with Crippen LogP contribution in [0.4, 0.5) is 0 Å². The first-order valence-corrected chi connectivity index (χ1v) is 6.64. The molecule has 0 bridgehead atoms. The molecule has 1 aliphatic heterocycles. The Morgan fingerprint density at radius 3 is 2.81 bits per heavy atom. The third kappa shape index (κ3) is 3.85. The summed E-state index contributed by atoms with van der Waals surface area (Å²) in [5.41, 5.74) is 6.52. The highest BCUT2D eigenvalue weighted by molar-refractivity contribution is 5.82. The summed E-state index contributed by atoms with van der Waals surface area (Å²) < 4.78 is 10.5. The molecule has 0 radical (unpaired) electrons. The van der Waals surface area contributed by atoms with Gasteiger partial charge in [-0.1, -0.05) is 6.07 Å². The van der Waals surface area contributed by atoms with E-state index >= 15 is 0 Å². The predicted octanol–water partition coefficient (Wildman–Crippen LogP) is 0.785. The minimum Gasteiger partial charge on any atom is -0.481 e. The Kier molecular flexibility index (Phi) is 4.64. The predicted molar refractivity (Wildman–Crippen MR) is 74.0 cm³/mol. The molecule has 21 heavy (non-hydrogen) atoms. The number of amides is 1. The first-order valence-electron chi connectivity index (χ1n) is 6.64. The van der Waals surface area contributed by atoms with Crippen molar-refractivity contribution < 1.29 is 24.2 Å². The highest BCUT2D eigenvalue weighted by Gasteiger charge is 2.20. The summed E-state index contributed by atoms with van der Waals surface area (Å²) in [4.78, 5) is 22.4. The molecule has 2 atom stereocenters. The van der Waals surface area contributed by atoms with Gasteiger partial charge in [0, 0.05) is 6.42 Å². The van der Waals surface area contributed by atoms with Crippen molar-refractivity contribution in [3.05, 3.63) is 23.8 Å². The number of ether oxygens (including phenoxy) is 2. The topological polar surface area (TPSA) is 111 Å². The van der Waals surface area contributed by atoms with Crippen LogP contribution in [0.5, 0.6) is 11.5 Å². The van der Waals surface area contributed by atoms with Crippen molar-refractivity contribution in [3.63, 3.8) is 0 Å². The fraction of sp³-hybridized carbons (Fsp3) is 0.429. The van der Waals surface area contributed by atoms with E-state index in [9.17, 15) is 9.59 Å². The van der Waals surface area contributed by atoms with Crippen molar-refractivity contribution in [1.82, 2.24) is 5.32 Å². The summed E-state index contributed by atoms with van der Waals surface area (Å²) in [7, 11) is 0. The zero-order valence-corrected chi connectivity index (χ0v) is 11.7. The van der Waals surface area contributed by atoms with Crippen LogP contribution in [0.3, 0.4) is 0 Å². The number of rotatable bonds is 6. The van der Waals surface area contributed by atoms with E-state index in [2.05, 4.69) is 5.32 Å². The highest BCUT2D eigenvalue weighted by Crippen LogP contribution is 2.34. The summed E-state index contributed by atoms with van der Waals surface area (Å²) in [6.07, 6.45) is -0.0258. The number of benzene rings is 1. The Labute approximate surface area is 122 Å². The fourth-order valence-electron chi connectivity index (χ4n) is 2.00. The van der Waals surface area contributed by atoms with E-state index in [0.717, 1.165) is 5.56 Å². The average Bonchev–Trinajstić information content (AvgIpc) is 2.91. The number of hydrogen-bond acceptors (Lipinski definition) is 5. The van der Waals surface area contributed by atoms with Crippen LogP contribution in [0.25, 0.3) is 0 Å². The van der Waals surface area contributed by atoms with Gasteiger partial charge in [0.1, 0.15) is 0 Å². The molecule has 2 rings (SSSR count). The van der Waals surface area contributed by atoms with E-state index in [1.807, 2.05) is 13.0 Å². The third-order valence-corrected chi connectivity index (χ3v) is 3.26. The maximum absolute atomic E-state index is 11.9. The summed E-state index contributed by atoms with van der Waals surface area (Å²) >= 11 is 0. The molecule has 1 aromatic carbocycles. The smallest absolute Gasteiger partial charge is 0.303 e. The van der Waals surface area contributed by atoms with Crippen LogP contribution < -0.4 is 20.5 Å². The number of fused-ring (bicyclic) bond motifs is 1. The fourth-order valence-corrected chi connectivity index (χ4v) is 2.00. The number of carbonyl (C=O) groups is 2. The van der Waals surface area contributed by atoms with Crippen molar-refractivity contribution in [1.29, 1.82) is 0 Å². The van der Waals surface area contributed by atoms with Crippen LogP contribution in [0.2, 0.25) is 0 Å². The van der Waals surface area contributed by atoms with Gasteiger partial charge >= 0.3 is 5.97 Å². The van der Waals surface area contributed by atoms with Gasteiger partial charge < -0.3 is 25.6 Å². The number of carboxylic acid groups (broad SMARTS) is 1. The monoisotopic (exact) mass is 294 g/mol. The Morgan fingerprint density at radius 2 is 2.10 bits per heavy atom. The van der Waals surface area contributed by atoms with Gasteiger partial charge in [-0.3, -0.25) is 9.59 Å². The quantitative estimate of drug-likeness (QED) is 0.715. The lowest BCUT2D eigenvalue weighted by Crippen LogP contribution is -2.41. The average molecular weight is 294 g/mol. The Bertz CT molecular complexity index is 546. The van der Waals surface area contributed by atoms with E-state index in [1.165, 1.54) is 0 Å². The molecule has 0 aromatic heterocycles. The normalized spacial score (nSPS) is 15.3. The van der Waals surface area contributed by atoms with Crippen LogP contribution in [-0.4, -0.2) is 29.8 Å². The largest absolute Gasteiger partial charge is 0.481 e. The zero-order valence-electron chi connectivity index (χ0n) is 11.7. The lowest BCUT2D eigenvalue weighted by molar-refractivity contribution is -0.137. The van der Waals surface area contributed by atoms with Crippen LogP contribution in [0, 0.1) is 0 Å². The van der Waals surface area contributed by atoms with Crippen LogP contribution >= 0.6 is 0 Å². The SMILES string of the molecule is CC(NC(=O)C(N)CCC(=O)O)c1ccc2c(c1)OCO2. The molecule has 4 N–H and O–H groups in total. The van der Waals surface area contributed by atoms with E-state index in [4.69, 9.17) is 20.3 Å². The van der Waals surface area contributed by atoms with Crippen molar-refractivity contribution >= 4 is 11.9 Å².